The second-order valence-corrected chi connectivity index (χ2v) is 2.38. The number of ether oxygens (including phenoxy) is 1. The molecular weight excluding hydrogens is 204 g/mol. The molecule has 0 heterocycles. The Morgan fingerprint density at radius 1 is 1.33 bits per heavy atom. The molecule has 6 nitrogen and oxygen atoms in total. The number of hydrogen-bond acceptors (Lipinski definition) is 4. The van der Waals surface area contributed by atoms with Gasteiger partial charge in [-0.2, -0.15) is 0 Å². The number of esters is 1. The van der Waals surface area contributed by atoms with Crippen LogP contribution in [0.5, 0.6) is 0 Å². The summed E-state index contributed by atoms with van der Waals surface area (Å²) in [5.74, 6) is -4.30. The fourth-order valence-corrected chi connectivity index (χ4v) is 0.766. The molecule has 80 valence electrons. The summed E-state index contributed by atoms with van der Waals surface area (Å²) in [5.41, 5.74) is -0.471. The first kappa shape index (κ1) is 12.7. The number of terminal acetylenes is 1. The number of hydrogen-bond donors (Lipinski definition) is 2. The molecule has 0 atom stereocenters. The van der Waals surface area contributed by atoms with Gasteiger partial charge in [-0.25, -0.2) is 4.79 Å². The standard InChI is InChI=1S/C9H8O6/c1-3-5(4-6(10)15-2)7(8(11)12)9(13)14/h1,4,7H,2H3,(H,11,12)(H,13,14)/b5-4+. The summed E-state index contributed by atoms with van der Waals surface area (Å²) in [7, 11) is 1.06. The van der Waals surface area contributed by atoms with Crippen molar-refractivity contribution in [3.63, 3.8) is 0 Å². The molecule has 0 aliphatic heterocycles. The van der Waals surface area contributed by atoms with Crippen LogP contribution in [0.2, 0.25) is 0 Å². The van der Waals surface area contributed by atoms with Gasteiger partial charge in [-0.3, -0.25) is 9.59 Å². The monoisotopic (exact) mass is 212 g/mol. The highest BCUT2D eigenvalue weighted by molar-refractivity contribution is 5.99. The van der Waals surface area contributed by atoms with E-state index in [1.165, 1.54) is 0 Å². The van der Waals surface area contributed by atoms with Crippen molar-refractivity contribution in [3.8, 4) is 12.3 Å². The lowest BCUT2D eigenvalue weighted by molar-refractivity contribution is -0.152. The Morgan fingerprint density at radius 2 is 1.80 bits per heavy atom. The predicted molar refractivity (Wildman–Crippen MR) is 47.7 cm³/mol. The molecule has 15 heavy (non-hydrogen) atoms. The molecule has 0 aliphatic rings. The van der Waals surface area contributed by atoms with E-state index in [4.69, 9.17) is 16.6 Å². The van der Waals surface area contributed by atoms with Gasteiger partial charge in [0.05, 0.1) is 7.11 Å². The maximum atomic E-state index is 10.8. The fraction of sp³-hybridized carbons (Fsp3) is 0.222. The van der Waals surface area contributed by atoms with E-state index < -0.39 is 29.4 Å². The van der Waals surface area contributed by atoms with Gasteiger partial charge in [0.25, 0.3) is 0 Å². The molecule has 0 saturated carbocycles. The predicted octanol–water partition coefficient (Wildman–Crippen LogP) is -0.496. The lowest BCUT2D eigenvalue weighted by Crippen LogP contribution is -2.25. The maximum absolute atomic E-state index is 10.8. The molecule has 0 spiro atoms. The molecule has 0 aliphatic carbocycles. The first-order chi connectivity index (χ1) is 6.93. The minimum Gasteiger partial charge on any atom is -0.480 e. The van der Waals surface area contributed by atoms with Crippen LogP contribution >= 0.6 is 0 Å². The second-order valence-electron chi connectivity index (χ2n) is 2.38. The number of carboxylic acid groups (broad SMARTS) is 2. The van der Waals surface area contributed by atoms with Gasteiger partial charge < -0.3 is 14.9 Å². The van der Waals surface area contributed by atoms with Crippen molar-refractivity contribution in [2.45, 2.75) is 0 Å². The van der Waals surface area contributed by atoms with Crippen LogP contribution in [0.4, 0.5) is 0 Å². The molecule has 0 aromatic rings. The number of carboxylic acids is 2. The number of carbonyl (C=O) groups is 3. The van der Waals surface area contributed by atoms with Crippen molar-refractivity contribution in [2.75, 3.05) is 7.11 Å². The van der Waals surface area contributed by atoms with E-state index >= 15 is 0 Å². The topological polar surface area (TPSA) is 101 Å². The Hall–Kier alpha value is -2.29. The average molecular weight is 212 g/mol. The number of rotatable bonds is 4. The molecule has 6 heteroatoms. The van der Waals surface area contributed by atoms with Gasteiger partial charge in [0, 0.05) is 11.6 Å². The molecule has 0 bridgehead atoms. The zero-order valence-electron chi connectivity index (χ0n) is 7.76. The third-order valence-electron chi connectivity index (χ3n) is 1.45. The molecule has 0 radical (unpaired) electrons. The summed E-state index contributed by atoms with van der Waals surface area (Å²) in [6, 6.07) is 0. The lowest BCUT2D eigenvalue weighted by Gasteiger charge is -2.05. The molecule has 0 aromatic heterocycles. The van der Waals surface area contributed by atoms with Gasteiger partial charge in [0.15, 0.2) is 5.92 Å². The van der Waals surface area contributed by atoms with E-state index in [-0.39, 0.29) is 0 Å². The highest BCUT2D eigenvalue weighted by atomic mass is 16.5. The van der Waals surface area contributed by atoms with E-state index in [9.17, 15) is 14.4 Å². The first-order valence-corrected chi connectivity index (χ1v) is 3.65. The van der Waals surface area contributed by atoms with Crippen LogP contribution in [0.15, 0.2) is 11.6 Å². The van der Waals surface area contributed by atoms with Crippen LogP contribution in [0.25, 0.3) is 0 Å². The molecule has 0 amide bonds. The molecular formula is C9H8O6. The van der Waals surface area contributed by atoms with Crippen molar-refractivity contribution < 1.29 is 29.3 Å². The van der Waals surface area contributed by atoms with Crippen molar-refractivity contribution >= 4 is 17.9 Å². The molecule has 2 N–H and O–H groups in total. The Bertz CT molecular complexity index is 345. The highest BCUT2D eigenvalue weighted by Gasteiger charge is 2.29. The lowest BCUT2D eigenvalue weighted by atomic mass is 10.00. The van der Waals surface area contributed by atoms with Gasteiger partial charge in [-0.05, 0) is 0 Å². The summed E-state index contributed by atoms with van der Waals surface area (Å²) in [5, 5.41) is 17.1. The van der Waals surface area contributed by atoms with Crippen molar-refractivity contribution in [1.82, 2.24) is 0 Å². The summed E-state index contributed by atoms with van der Waals surface area (Å²) in [6.07, 6.45) is 5.56. The van der Waals surface area contributed by atoms with Crippen LogP contribution in [-0.4, -0.2) is 35.2 Å². The van der Waals surface area contributed by atoms with E-state index in [0.717, 1.165) is 7.11 Å². The zero-order chi connectivity index (χ0) is 12.0. The minimum atomic E-state index is -1.94. The summed E-state index contributed by atoms with van der Waals surface area (Å²) in [4.78, 5) is 31.8. The zero-order valence-corrected chi connectivity index (χ0v) is 7.76. The third kappa shape index (κ3) is 3.52. The second kappa shape index (κ2) is 5.44. The number of methoxy groups -OCH3 is 1. The van der Waals surface area contributed by atoms with Crippen molar-refractivity contribution in [2.24, 2.45) is 5.92 Å². The number of carbonyl (C=O) groups excluding carboxylic acids is 1. The number of aliphatic carboxylic acids is 2. The summed E-state index contributed by atoms with van der Waals surface area (Å²) in [6.45, 7) is 0. The average Bonchev–Trinajstić information content (AvgIpc) is 2.15. The Labute approximate surface area is 85.2 Å². The van der Waals surface area contributed by atoms with E-state index in [1.807, 2.05) is 5.92 Å². The van der Waals surface area contributed by atoms with E-state index in [2.05, 4.69) is 4.74 Å². The van der Waals surface area contributed by atoms with E-state index in [0.29, 0.717) is 6.08 Å². The van der Waals surface area contributed by atoms with Crippen LogP contribution in [0, 0.1) is 18.3 Å². The molecule has 0 saturated heterocycles. The first-order valence-electron chi connectivity index (χ1n) is 3.65. The highest BCUT2D eigenvalue weighted by Crippen LogP contribution is 2.11. The van der Waals surface area contributed by atoms with Crippen molar-refractivity contribution in [3.05, 3.63) is 11.6 Å². The normalized spacial score (nSPS) is 10.6. The Kier molecular flexibility index (Phi) is 4.61. The van der Waals surface area contributed by atoms with Gasteiger partial charge in [-0.1, -0.05) is 5.92 Å². The van der Waals surface area contributed by atoms with Crippen molar-refractivity contribution in [1.29, 1.82) is 0 Å². The van der Waals surface area contributed by atoms with Crippen LogP contribution in [0.1, 0.15) is 0 Å². The van der Waals surface area contributed by atoms with Gasteiger partial charge in [0.2, 0.25) is 0 Å². The molecule has 0 aromatic carbocycles. The summed E-state index contributed by atoms with van der Waals surface area (Å²) >= 11 is 0. The molecule has 0 rings (SSSR count). The summed E-state index contributed by atoms with van der Waals surface area (Å²) < 4.78 is 4.20. The smallest absolute Gasteiger partial charge is 0.331 e. The maximum Gasteiger partial charge on any atom is 0.331 e. The van der Waals surface area contributed by atoms with Gasteiger partial charge in [0.1, 0.15) is 0 Å². The molecule has 0 unspecified atom stereocenters. The third-order valence-corrected chi connectivity index (χ3v) is 1.45. The SMILES string of the molecule is C#C/C(=C\C(=O)OC)C(C(=O)O)C(=O)O. The fourth-order valence-electron chi connectivity index (χ4n) is 0.766. The van der Waals surface area contributed by atoms with Gasteiger partial charge in [-0.15, -0.1) is 6.42 Å². The Morgan fingerprint density at radius 3 is 2.07 bits per heavy atom. The minimum absolute atomic E-state index is 0.471. The van der Waals surface area contributed by atoms with Gasteiger partial charge >= 0.3 is 17.9 Å². The largest absolute Gasteiger partial charge is 0.480 e. The quantitative estimate of drug-likeness (QED) is 0.282. The van der Waals surface area contributed by atoms with E-state index in [1.54, 1.807) is 0 Å². The van der Waals surface area contributed by atoms with Crippen LogP contribution in [-0.2, 0) is 19.1 Å². The van der Waals surface area contributed by atoms with Crippen LogP contribution < -0.4 is 0 Å². The molecule has 0 fully saturated rings. The van der Waals surface area contributed by atoms with Crippen LogP contribution in [0.3, 0.4) is 0 Å². The Balaban J connectivity index is 5.19.